The summed E-state index contributed by atoms with van der Waals surface area (Å²) < 4.78 is 41.3. The summed E-state index contributed by atoms with van der Waals surface area (Å²) in [6.07, 6.45) is 0. The van der Waals surface area contributed by atoms with Crippen molar-refractivity contribution < 1.29 is 18.0 Å². The van der Waals surface area contributed by atoms with Crippen molar-refractivity contribution in [1.82, 2.24) is 4.98 Å². The molecule has 0 fully saturated rings. The van der Waals surface area contributed by atoms with Crippen molar-refractivity contribution in [1.29, 1.82) is 0 Å². The van der Waals surface area contributed by atoms with Crippen LogP contribution in [0, 0.1) is 31.3 Å². The number of rotatable bonds is 2. The minimum atomic E-state index is -0.761. The van der Waals surface area contributed by atoms with E-state index in [0.29, 0.717) is 4.70 Å². The van der Waals surface area contributed by atoms with Gasteiger partial charge in [0.2, 0.25) is 0 Å². The molecule has 124 valence electrons. The number of aromatic nitrogens is 1. The Bertz CT molecular complexity index is 932. The van der Waals surface area contributed by atoms with Gasteiger partial charge in [0.15, 0.2) is 10.9 Å². The largest absolute Gasteiger partial charge is 0.325 e. The lowest BCUT2D eigenvalue weighted by molar-refractivity contribution is 0.262. The lowest BCUT2D eigenvalue weighted by Crippen LogP contribution is -2.19. The van der Waals surface area contributed by atoms with Crippen molar-refractivity contribution in [2.24, 2.45) is 0 Å². The zero-order valence-corrected chi connectivity index (χ0v) is 13.5. The zero-order valence-electron chi connectivity index (χ0n) is 12.7. The summed E-state index contributed by atoms with van der Waals surface area (Å²) in [6.45, 7) is 3.05. The normalized spacial score (nSPS) is 10.9. The fourth-order valence-electron chi connectivity index (χ4n) is 2.15. The van der Waals surface area contributed by atoms with Crippen LogP contribution in [0.1, 0.15) is 11.1 Å². The van der Waals surface area contributed by atoms with Gasteiger partial charge in [0.25, 0.3) is 0 Å². The molecule has 0 spiro atoms. The number of hydrogen-bond acceptors (Lipinski definition) is 3. The number of nitrogens with zero attached hydrogens (tertiary/aromatic N) is 1. The van der Waals surface area contributed by atoms with Crippen LogP contribution < -0.4 is 10.6 Å². The molecule has 24 heavy (non-hydrogen) atoms. The number of amides is 2. The Labute approximate surface area is 139 Å². The highest BCUT2D eigenvalue weighted by molar-refractivity contribution is 7.22. The minimum absolute atomic E-state index is 0.0313. The number of halogens is 3. The quantitative estimate of drug-likeness (QED) is 0.684. The maximum atomic E-state index is 13.8. The fourth-order valence-corrected chi connectivity index (χ4v) is 3.12. The van der Waals surface area contributed by atoms with Crippen molar-refractivity contribution in [3.63, 3.8) is 0 Å². The van der Waals surface area contributed by atoms with E-state index in [1.165, 1.54) is 13.0 Å². The second kappa shape index (κ2) is 6.12. The fraction of sp³-hybridized carbons (Fsp3) is 0.125. The van der Waals surface area contributed by atoms with E-state index in [1.807, 2.05) is 0 Å². The summed E-state index contributed by atoms with van der Waals surface area (Å²) in [5, 5.41) is 4.92. The SMILES string of the molecule is Cc1cc(F)c2nc(NC(=O)Nc3cc(F)c(C)c(F)c3)sc2c1. The smallest absolute Gasteiger partial charge is 0.307 e. The predicted octanol–water partition coefficient (Wildman–Crippen LogP) is 4.97. The van der Waals surface area contributed by atoms with E-state index in [1.54, 1.807) is 13.0 Å². The number of hydrogen-bond donors (Lipinski definition) is 2. The summed E-state index contributed by atoms with van der Waals surface area (Å²) in [5.41, 5.74) is 0.743. The van der Waals surface area contributed by atoms with E-state index in [-0.39, 0.29) is 21.9 Å². The number of benzene rings is 2. The van der Waals surface area contributed by atoms with Crippen molar-refractivity contribution >= 4 is 38.4 Å². The summed E-state index contributed by atoms with van der Waals surface area (Å²) in [7, 11) is 0. The molecule has 3 rings (SSSR count). The van der Waals surface area contributed by atoms with Crippen LogP contribution in [0.2, 0.25) is 0 Å². The summed E-state index contributed by atoms with van der Waals surface area (Å²) in [4.78, 5) is 15.9. The first-order valence-corrected chi connectivity index (χ1v) is 7.75. The van der Waals surface area contributed by atoms with E-state index in [9.17, 15) is 18.0 Å². The van der Waals surface area contributed by atoms with Crippen LogP contribution in [-0.4, -0.2) is 11.0 Å². The number of carbonyl (C=O) groups is 1. The van der Waals surface area contributed by atoms with Gasteiger partial charge in [-0.15, -0.1) is 0 Å². The molecule has 1 aromatic heterocycles. The van der Waals surface area contributed by atoms with E-state index < -0.39 is 23.5 Å². The van der Waals surface area contributed by atoms with Gasteiger partial charge in [0.1, 0.15) is 17.2 Å². The van der Waals surface area contributed by atoms with Crippen LogP contribution in [0.5, 0.6) is 0 Å². The molecular formula is C16H12F3N3OS. The van der Waals surface area contributed by atoms with Crippen LogP contribution in [-0.2, 0) is 0 Å². The molecule has 0 aliphatic heterocycles. The van der Waals surface area contributed by atoms with Gasteiger partial charge in [-0.3, -0.25) is 5.32 Å². The van der Waals surface area contributed by atoms with Gasteiger partial charge in [-0.05, 0) is 43.7 Å². The van der Waals surface area contributed by atoms with Gasteiger partial charge < -0.3 is 5.32 Å². The Morgan fingerprint density at radius 3 is 2.33 bits per heavy atom. The van der Waals surface area contributed by atoms with Gasteiger partial charge in [-0.2, -0.15) is 0 Å². The van der Waals surface area contributed by atoms with Crippen molar-refractivity contribution in [3.8, 4) is 0 Å². The Balaban J connectivity index is 1.79. The average Bonchev–Trinajstić information content (AvgIpc) is 2.87. The number of nitrogens with one attached hydrogen (secondary N) is 2. The standard InChI is InChI=1S/C16H12F3N3OS/c1-7-3-12(19)14-13(4-7)24-16(21-14)22-15(23)20-9-5-10(17)8(2)11(18)6-9/h3-6H,1-2H3,(H2,20,21,22,23). The molecule has 0 aliphatic rings. The topological polar surface area (TPSA) is 54.0 Å². The van der Waals surface area contributed by atoms with Gasteiger partial charge in [0.05, 0.1) is 4.70 Å². The predicted molar refractivity (Wildman–Crippen MR) is 88.1 cm³/mol. The van der Waals surface area contributed by atoms with E-state index >= 15 is 0 Å². The van der Waals surface area contributed by atoms with Gasteiger partial charge in [0, 0.05) is 11.3 Å². The molecule has 1 heterocycles. The summed E-state index contributed by atoms with van der Waals surface area (Å²) in [5.74, 6) is -2.00. The average molecular weight is 351 g/mol. The summed E-state index contributed by atoms with van der Waals surface area (Å²) in [6, 6.07) is 4.40. The number of aryl methyl sites for hydroxylation is 1. The number of anilines is 2. The van der Waals surface area contributed by atoms with Crippen molar-refractivity contribution in [2.75, 3.05) is 10.6 Å². The van der Waals surface area contributed by atoms with Crippen LogP contribution in [0.15, 0.2) is 24.3 Å². The Morgan fingerprint density at radius 1 is 1.00 bits per heavy atom. The third-order valence-electron chi connectivity index (χ3n) is 3.35. The highest BCUT2D eigenvalue weighted by Gasteiger charge is 2.13. The molecule has 0 aliphatic carbocycles. The van der Waals surface area contributed by atoms with Crippen molar-refractivity contribution in [3.05, 3.63) is 52.8 Å². The first-order chi connectivity index (χ1) is 11.3. The van der Waals surface area contributed by atoms with Gasteiger partial charge >= 0.3 is 6.03 Å². The van der Waals surface area contributed by atoms with Crippen LogP contribution in [0.25, 0.3) is 10.2 Å². The van der Waals surface area contributed by atoms with E-state index in [2.05, 4.69) is 15.6 Å². The van der Waals surface area contributed by atoms with E-state index in [0.717, 1.165) is 29.0 Å². The molecule has 0 saturated heterocycles. The third-order valence-corrected chi connectivity index (χ3v) is 4.27. The van der Waals surface area contributed by atoms with Gasteiger partial charge in [-0.25, -0.2) is 22.9 Å². The molecule has 0 radical (unpaired) electrons. The third kappa shape index (κ3) is 3.18. The molecule has 0 unspecified atom stereocenters. The molecule has 4 nitrogen and oxygen atoms in total. The zero-order chi connectivity index (χ0) is 17.4. The van der Waals surface area contributed by atoms with Crippen LogP contribution in [0.3, 0.4) is 0 Å². The first kappa shape index (κ1) is 16.3. The molecule has 2 aromatic carbocycles. The maximum absolute atomic E-state index is 13.8. The molecule has 2 N–H and O–H groups in total. The molecule has 2 amide bonds. The number of urea groups is 1. The number of thiazole rings is 1. The van der Waals surface area contributed by atoms with E-state index in [4.69, 9.17) is 0 Å². The minimum Gasteiger partial charge on any atom is -0.307 e. The molecule has 0 bridgehead atoms. The Hall–Kier alpha value is -2.61. The molecule has 3 aromatic rings. The Kier molecular flexibility index (Phi) is 4.15. The van der Waals surface area contributed by atoms with Crippen LogP contribution >= 0.6 is 11.3 Å². The van der Waals surface area contributed by atoms with Gasteiger partial charge in [-0.1, -0.05) is 11.3 Å². The highest BCUT2D eigenvalue weighted by Crippen LogP contribution is 2.29. The lowest BCUT2D eigenvalue weighted by Gasteiger charge is -2.07. The van der Waals surface area contributed by atoms with Crippen LogP contribution in [0.4, 0.5) is 28.8 Å². The summed E-state index contributed by atoms with van der Waals surface area (Å²) >= 11 is 1.10. The maximum Gasteiger partial charge on any atom is 0.325 e. The second-order valence-corrected chi connectivity index (χ2v) is 6.29. The Morgan fingerprint density at radius 2 is 1.67 bits per heavy atom. The van der Waals surface area contributed by atoms with Crippen molar-refractivity contribution in [2.45, 2.75) is 13.8 Å². The molecule has 0 saturated carbocycles. The first-order valence-electron chi connectivity index (χ1n) is 6.94. The second-order valence-electron chi connectivity index (χ2n) is 5.26. The lowest BCUT2D eigenvalue weighted by atomic mass is 10.2. The monoisotopic (exact) mass is 351 g/mol. The highest BCUT2D eigenvalue weighted by atomic mass is 32.1. The molecule has 0 atom stereocenters. The molecule has 8 heteroatoms. The number of fused-ring (bicyclic) bond motifs is 1. The molecular weight excluding hydrogens is 339 g/mol. The number of carbonyl (C=O) groups excluding carboxylic acids is 1.